The van der Waals surface area contributed by atoms with E-state index in [2.05, 4.69) is 6.07 Å². The maximum Gasteiger partial charge on any atom is 0.124 e. The van der Waals surface area contributed by atoms with Gasteiger partial charge < -0.3 is 10.5 Å². The summed E-state index contributed by atoms with van der Waals surface area (Å²) in [5.41, 5.74) is 7.08. The second-order valence-corrected chi connectivity index (χ2v) is 2.82. The average Bonchev–Trinajstić information content (AvgIpc) is 2.16. The quantitative estimate of drug-likeness (QED) is 0.744. The van der Waals surface area contributed by atoms with E-state index in [9.17, 15) is 0 Å². The molecule has 3 nitrogen and oxygen atoms in total. The highest BCUT2D eigenvalue weighted by Gasteiger charge is 2.11. The monoisotopic (exact) mass is 176 g/mol. The Morgan fingerprint density at radius 1 is 1.54 bits per heavy atom. The standard InChI is InChI=1S/C10H12N2O/c1-7(12)10-8(6-11)4-3-5-9(10)13-2/h3-5,7H,12H2,1-2H3. The van der Waals surface area contributed by atoms with Crippen molar-refractivity contribution in [3.05, 3.63) is 29.3 Å². The van der Waals surface area contributed by atoms with Crippen molar-refractivity contribution in [2.75, 3.05) is 7.11 Å². The first-order valence-corrected chi connectivity index (χ1v) is 4.03. The van der Waals surface area contributed by atoms with Gasteiger partial charge in [-0.05, 0) is 19.1 Å². The summed E-state index contributed by atoms with van der Waals surface area (Å²) in [4.78, 5) is 0. The maximum atomic E-state index is 8.83. The predicted molar refractivity (Wildman–Crippen MR) is 50.3 cm³/mol. The topological polar surface area (TPSA) is 59.0 Å². The molecule has 0 aliphatic rings. The van der Waals surface area contributed by atoms with Gasteiger partial charge in [0, 0.05) is 11.6 Å². The van der Waals surface area contributed by atoms with E-state index in [0.29, 0.717) is 11.3 Å². The lowest BCUT2D eigenvalue weighted by Gasteiger charge is -2.12. The molecule has 3 heteroatoms. The van der Waals surface area contributed by atoms with Gasteiger partial charge in [-0.25, -0.2) is 0 Å². The zero-order valence-corrected chi connectivity index (χ0v) is 7.74. The first kappa shape index (κ1) is 9.56. The summed E-state index contributed by atoms with van der Waals surface area (Å²) < 4.78 is 5.12. The number of nitrogens with zero attached hydrogens (tertiary/aromatic N) is 1. The molecule has 0 saturated carbocycles. The molecule has 1 rings (SSSR count). The second-order valence-electron chi connectivity index (χ2n) is 2.82. The minimum Gasteiger partial charge on any atom is -0.496 e. The van der Waals surface area contributed by atoms with Gasteiger partial charge in [-0.15, -0.1) is 0 Å². The maximum absolute atomic E-state index is 8.83. The van der Waals surface area contributed by atoms with Crippen molar-refractivity contribution in [2.45, 2.75) is 13.0 Å². The van der Waals surface area contributed by atoms with Crippen LogP contribution >= 0.6 is 0 Å². The minimum absolute atomic E-state index is 0.189. The molecular weight excluding hydrogens is 164 g/mol. The van der Waals surface area contributed by atoms with Crippen LogP contribution in [0.25, 0.3) is 0 Å². The number of ether oxygens (including phenoxy) is 1. The summed E-state index contributed by atoms with van der Waals surface area (Å²) in [7, 11) is 1.57. The number of nitriles is 1. The van der Waals surface area contributed by atoms with Gasteiger partial charge >= 0.3 is 0 Å². The molecule has 0 aliphatic carbocycles. The number of hydrogen-bond acceptors (Lipinski definition) is 3. The third kappa shape index (κ3) is 1.79. The Hall–Kier alpha value is -1.53. The fourth-order valence-electron chi connectivity index (χ4n) is 1.29. The van der Waals surface area contributed by atoms with Crippen LogP contribution in [0.2, 0.25) is 0 Å². The summed E-state index contributed by atoms with van der Waals surface area (Å²) in [5, 5.41) is 8.83. The highest BCUT2D eigenvalue weighted by molar-refractivity contribution is 5.48. The zero-order valence-electron chi connectivity index (χ0n) is 7.74. The van der Waals surface area contributed by atoms with E-state index in [-0.39, 0.29) is 6.04 Å². The first-order chi connectivity index (χ1) is 6.20. The summed E-state index contributed by atoms with van der Waals surface area (Å²) in [5.74, 6) is 0.675. The highest BCUT2D eigenvalue weighted by Crippen LogP contribution is 2.26. The molecular formula is C10H12N2O. The average molecular weight is 176 g/mol. The van der Waals surface area contributed by atoms with Crippen LogP contribution in [0.1, 0.15) is 24.1 Å². The molecule has 0 bridgehead atoms. The van der Waals surface area contributed by atoms with Crippen LogP contribution in [0.5, 0.6) is 5.75 Å². The van der Waals surface area contributed by atoms with E-state index < -0.39 is 0 Å². The number of benzene rings is 1. The Bertz CT molecular complexity index is 339. The lowest BCUT2D eigenvalue weighted by atomic mass is 10.0. The fourth-order valence-corrected chi connectivity index (χ4v) is 1.29. The molecule has 0 aliphatic heterocycles. The Labute approximate surface area is 77.7 Å². The smallest absolute Gasteiger partial charge is 0.124 e. The number of methoxy groups -OCH3 is 1. The molecule has 2 N–H and O–H groups in total. The van der Waals surface area contributed by atoms with Crippen molar-refractivity contribution in [3.8, 4) is 11.8 Å². The van der Waals surface area contributed by atoms with Gasteiger partial charge in [-0.2, -0.15) is 5.26 Å². The van der Waals surface area contributed by atoms with Crippen LogP contribution in [-0.4, -0.2) is 7.11 Å². The molecule has 13 heavy (non-hydrogen) atoms. The van der Waals surface area contributed by atoms with Crippen molar-refractivity contribution in [3.63, 3.8) is 0 Å². The third-order valence-corrected chi connectivity index (χ3v) is 1.86. The molecule has 0 fully saturated rings. The highest BCUT2D eigenvalue weighted by atomic mass is 16.5. The van der Waals surface area contributed by atoms with E-state index >= 15 is 0 Å². The van der Waals surface area contributed by atoms with Gasteiger partial charge in [-0.3, -0.25) is 0 Å². The molecule has 1 aromatic carbocycles. The van der Waals surface area contributed by atoms with Gasteiger partial charge in [0.15, 0.2) is 0 Å². The summed E-state index contributed by atoms with van der Waals surface area (Å²) >= 11 is 0. The molecule has 0 spiro atoms. The van der Waals surface area contributed by atoms with Crippen molar-refractivity contribution < 1.29 is 4.74 Å². The van der Waals surface area contributed by atoms with E-state index in [1.807, 2.05) is 6.92 Å². The SMILES string of the molecule is COc1cccc(C#N)c1C(C)N. The van der Waals surface area contributed by atoms with E-state index in [1.165, 1.54) is 0 Å². The molecule has 0 amide bonds. The Balaban J connectivity index is 3.32. The molecule has 1 aromatic rings. The van der Waals surface area contributed by atoms with Gasteiger partial charge in [0.05, 0.1) is 18.7 Å². The van der Waals surface area contributed by atoms with Crippen LogP contribution in [0.15, 0.2) is 18.2 Å². The van der Waals surface area contributed by atoms with Gasteiger partial charge in [0.1, 0.15) is 5.75 Å². The van der Waals surface area contributed by atoms with Crippen molar-refractivity contribution in [1.29, 1.82) is 5.26 Å². The Morgan fingerprint density at radius 3 is 2.69 bits per heavy atom. The minimum atomic E-state index is -0.189. The van der Waals surface area contributed by atoms with Crippen LogP contribution in [0.4, 0.5) is 0 Å². The predicted octanol–water partition coefficient (Wildman–Crippen LogP) is 1.59. The zero-order chi connectivity index (χ0) is 9.84. The molecule has 0 heterocycles. The summed E-state index contributed by atoms with van der Waals surface area (Å²) in [6, 6.07) is 7.23. The molecule has 0 saturated heterocycles. The van der Waals surface area contributed by atoms with Crippen LogP contribution in [0, 0.1) is 11.3 Å². The Morgan fingerprint density at radius 2 is 2.23 bits per heavy atom. The summed E-state index contributed by atoms with van der Waals surface area (Å²) in [6.07, 6.45) is 0. The Kier molecular flexibility index (Phi) is 2.88. The van der Waals surface area contributed by atoms with E-state index in [1.54, 1.807) is 25.3 Å². The van der Waals surface area contributed by atoms with Crippen molar-refractivity contribution >= 4 is 0 Å². The van der Waals surface area contributed by atoms with Gasteiger partial charge in [-0.1, -0.05) is 6.07 Å². The third-order valence-electron chi connectivity index (χ3n) is 1.86. The van der Waals surface area contributed by atoms with Gasteiger partial charge in [0.25, 0.3) is 0 Å². The normalized spacial score (nSPS) is 11.8. The number of hydrogen-bond donors (Lipinski definition) is 1. The van der Waals surface area contributed by atoms with Crippen LogP contribution < -0.4 is 10.5 Å². The van der Waals surface area contributed by atoms with E-state index in [4.69, 9.17) is 15.7 Å². The molecule has 0 aromatic heterocycles. The number of nitrogens with two attached hydrogens (primary N) is 1. The second kappa shape index (κ2) is 3.92. The summed E-state index contributed by atoms with van der Waals surface area (Å²) in [6.45, 7) is 1.83. The largest absolute Gasteiger partial charge is 0.496 e. The van der Waals surface area contributed by atoms with E-state index in [0.717, 1.165) is 5.56 Å². The molecule has 68 valence electrons. The molecule has 1 atom stereocenters. The molecule has 0 radical (unpaired) electrons. The van der Waals surface area contributed by atoms with Crippen molar-refractivity contribution in [2.24, 2.45) is 5.73 Å². The van der Waals surface area contributed by atoms with Crippen LogP contribution in [0.3, 0.4) is 0 Å². The lowest BCUT2D eigenvalue weighted by molar-refractivity contribution is 0.406. The fraction of sp³-hybridized carbons (Fsp3) is 0.300. The lowest BCUT2D eigenvalue weighted by Crippen LogP contribution is -2.09. The van der Waals surface area contributed by atoms with Crippen LogP contribution in [-0.2, 0) is 0 Å². The first-order valence-electron chi connectivity index (χ1n) is 4.03. The molecule has 1 unspecified atom stereocenters. The number of rotatable bonds is 2. The van der Waals surface area contributed by atoms with Crippen molar-refractivity contribution in [1.82, 2.24) is 0 Å². The van der Waals surface area contributed by atoms with Gasteiger partial charge in [0.2, 0.25) is 0 Å².